The maximum atomic E-state index is 12.2. The Morgan fingerprint density at radius 1 is 0.558 bits per heavy atom. The van der Waals surface area contributed by atoms with Crippen molar-refractivity contribution in [3.8, 4) is 0 Å². The van der Waals surface area contributed by atoms with Crippen molar-refractivity contribution in [3.63, 3.8) is 0 Å². The first-order valence-electron chi connectivity index (χ1n) is 13.2. The molecule has 0 aliphatic carbocycles. The van der Waals surface area contributed by atoms with Crippen LogP contribution in [0, 0.1) is 0 Å². The Morgan fingerprint density at radius 3 is 1.53 bits per heavy atom. The normalized spacial score (nSPS) is 31.9. The molecule has 0 aromatic rings. The Labute approximate surface area is 247 Å². The molecule has 43 heavy (non-hydrogen) atoms. The maximum Gasteiger partial charge on any atom is 0.305 e. The van der Waals surface area contributed by atoms with Crippen LogP contribution in [0.1, 0.15) is 55.4 Å². The Morgan fingerprint density at radius 2 is 1.05 bits per heavy atom. The van der Waals surface area contributed by atoms with Crippen molar-refractivity contribution in [1.82, 2.24) is 5.32 Å². The molecular weight excluding hydrogens is 582 g/mol. The van der Waals surface area contributed by atoms with Gasteiger partial charge in [-0.2, -0.15) is 0 Å². The first-order chi connectivity index (χ1) is 20.0. The summed E-state index contributed by atoms with van der Waals surface area (Å²) in [5.74, 6) is -5.43. The number of hydrogen-bond donors (Lipinski definition) is 1. The van der Waals surface area contributed by atoms with Crippen molar-refractivity contribution >= 4 is 41.7 Å². The van der Waals surface area contributed by atoms with E-state index in [1.165, 1.54) is 6.92 Å². The number of nitrogens with one attached hydrogen (secondary N) is 1. The van der Waals surface area contributed by atoms with Crippen LogP contribution in [0.25, 0.3) is 0 Å². The van der Waals surface area contributed by atoms with E-state index in [1.807, 2.05) is 0 Å². The maximum absolute atomic E-state index is 12.2. The molecule has 2 rings (SSSR count). The Bertz CT molecular complexity index is 1060. The third-order valence-electron chi connectivity index (χ3n) is 5.98. The average Bonchev–Trinajstić information content (AvgIpc) is 2.84. The smallest absolute Gasteiger partial charge is 0.305 e. The lowest BCUT2D eigenvalue weighted by Gasteiger charge is -2.48. The van der Waals surface area contributed by atoms with E-state index >= 15 is 0 Å². The van der Waals surface area contributed by atoms with Crippen LogP contribution in [0.4, 0.5) is 0 Å². The van der Waals surface area contributed by atoms with Gasteiger partial charge < -0.3 is 47.9 Å². The molecule has 2 aliphatic rings. The van der Waals surface area contributed by atoms with Crippen molar-refractivity contribution < 1.29 is 76.2 Å². The second-order valence-electron chi connectivity index (χ2n) is 9.79. The van der Waals surface area contributed by atoms with Crippen molar-refractivity contribution in [2.24, 2.45) is 0 Å². The summed E-state index contributed by atoms with van der Waals surface area (Å²) in [7, 11) is 0. The van der Waals surface area contributed by atoms with Crippen molar-refractivity contribution in [2.45, 2.75) is 117 Å². The van der Waals surface area contributed by atoms with E-state index < -0.39 is 110 Å². The molecule has 17 nitrogen and oxygen atoms in total. The summed E-state index contributed by atoms with van der Waals surface area (Å²) in [6.07, 6.45) is -12.7. The number of ether oxygens (including phenoxy) is 9. The standard InChI is InChI=1S/C26H37NO16/c1-10-20(37-13(4)30)23(39-15(6)32)24(40-16(7)33)26(36-10)43-22-19(27-11(2)28)25(41-17(8)34)42-18(9-35-12(3)29)21(22)38-14(5)31/h10,18-26H,9H2,1-8H3,(H,27,28)/t10-,18+,19-,20+,21+,22-,23-,24-,25+,26-/m0/s1. The van der Waals surface area contributed by atoms with Gasteiger partial charge in [-0.05, 0) is 6.92 Å². The van der Waals surface area contributed by atoms with E-state index in [0.717, 1.165) is 48.5 Å². The van der Waals surface area contributed by atoms with Crippen LogP contribution in [0.3, 0.4) is 0 Å². The van der Waals surface area contributed by atoms with Crippen LogP contribution >= 0.6 is 0 Å². The number of carbonyl (C=O) groups is 7. The van der Waals surface area contributed by atoms with Crippen molar-refractivity contribution in [2.75, 3.05) is 6.61 Å². The fourth-order valence-corrected chi connectivity index (χ4v) is 4.62. The molecule has 0 aromatic heterocycles. The molecule has 0 radical (unpaired) electrons. The number of rotatable bonds is 10. The molecule has 17 heteroatoms. The number of carbonyl (C=O) groups excluding carboxylic acids is 7. The summed E-state index contributed by atoms with van der Waals surface area (Å²) in [6, 6.07) is -1.38. The highest BCUT2D eigenvalue weighted by Gasteiger charge is 2.56. The van der Waals surface area contributed by atoms with Gasteiger partial charge in [0.25, 0.3) is 0 Å². The third kappa shape index (κ3) is 10.4. The van der Waals surface area contributed by atoms with E-state index in [2.05, 4.69) is 5.32 Å². The molecule has 2 heterocycles. The molecule has 0 bridgehead atoms. The lowest BCUT2D eigenvalue weighted by molar-refractivity contribution is -0.340. The number of amides is 1. The molecule has 0 saturated carbocycles. The topological polar surface area (TPSA) is 215 Å². The SMILES string of the molecule is CC(=O)N[C@@H]1[C@H](OC(C)=O)O[C@H](COC(C)=O)[C@@H](OC(C)=O)[C@H]1O[C@@H]1O[C@@H](C)[C@@H](OC(C)=O)[C@H](OC(C)=O)[C@@H]1OC(C)=O. The summed E-state index contributed by atoms with van der Waals surface area (Å²) in [6.45, 7) is 8.64. The molecule has 10 atom stereocenters. The molecular formula is C26H37NO16. The van der Waals surface area contributed by atoms with E-state index in [9.17, 15) is 33.6 Å². The van der Waals surface area contributed by atoms with Gasteiger partial charge in [0.05, 0.1) is 6.10 Å². The second-order valence-corrected chi connectivity index (χ2v) is 9.79. The number of esters is 6. The summed E-state index contributed by atoms with van der Waals surface area (Å²) < 4.78 is 49.9. The minimum Gasteiger partial charge on any atom is -0.463 e. The van der Waals surface area contributed by atoms with E-state index in [1.54, 1.807) is 0 Å². The van der Waals surface area contributed by atoms with Gasteiger partial charge in [-0.15, -0.1) is 0 Å². The number of hydrogen-bond acceptors (Lipinski definition) is 16. The van der Waals surface area contributed by atoms with Gasteiger partial charge in [-0.25, -0.2) is 0 Å². The van der Waals surface area contributed by atoms with Crippen molar-refractivity contribution in [1.29, 1.82) is 0 Å². The fraction of sp³-hybridized carbons (Fsp3) is 0.731. The highest BCUT2D eigenvalue weighted by atomic mass is 16.8. The summed E-state index contributed by atoms with van der Waals surface area (Å²) in [5.41, 5.74) is 0. The van der Waals surface area contributed by atoms with Crippen molar-refractivity contribution in [3.05, 3.63) is 0 Å². The predicted octanol–water partition coefficient (Wildman–Crippen LogP) is -0.801. The molecule has 2 aliphatic heterocycles. The minimum absolute atomic E-state index is 0.502. The quantitative estimate of drug-likeness (QED) is 0.234. The zero-order valence-corrected chi connectivity index (χ0v) is 25.0. The third-order valence-corrected chi connectivity index (χ3v) is 5.98. The van der Waals surface area contributed by atoms with Crippen LogP contribution in [0.5, 0.6) is 0 Å². The Hall–Kier alpha value is -3.83. The van der Waals surface area contributed by atoms with Crippen LogP contribution in [0.15, 0.2) is 0 Å². The predicted molar refractivity (Wildman–Crippen MR) is 136 cm³/mol. The zero-order valence-electron chi connectivity index (χ0n) is 25.0. The summed E-state index contributed by atoms with van der Waals surface area (Å²) in [5, 5.41) is 2.53. The molecule has 0 spiro atoms. The second kappa shape index (κ2) is 15.6. The van der Waals surface area contributed by atoms with Gasteiger partial charge in [0, 0.05) is 48.5 Å². The monoisotopic (exact) mass is 619 g/mol. The lowest BCUT2D eigenvalue weighted by Crippen LogP contribution is -2.69. The van der Waals surface area contributed by atoms with Gasteiger partial charge in [0.1, 0.15) is 24.9 Å². The molecule has 2 fully saturated rings. The van der Waals surface area contributed by atoms with Gasteiger partial charge in [0.15, 0.2) is 30.7 Å². The highest BCUT2D eigenvalue weighted by Crippen LogP contribution is 2.34. The van der Waals surface area contributed by atoms with Gasteiger partial charge in [0.2, 0.25) is 12.2 Å². The van der Waals surface area contributed by atoms with E-state index in [4.69, 9.17) is 42.6 Å². The minimum atomic E-state index is -1.63. The molecule has 1 N–H and O–H groups in total. The van der Waals surface area contributed by atoms with E-state index in [-0.39, 0.29) is 0 Å². The first-order valence-corrected chi connectivity index (χ1v) is 13.2. The van der Waals surface area contributed by atoms with Crippen LogP contribution < -0.4 is 5.32 Å². The van der Waals surface area contributed by atoms with Crippen LogP contribution in [0.2, 0.25) is 0 Å². The van der Waals surface area contributed by atoms with Gasteiger partial charge in [-0.3, -0.25) is 33.6 Å². The van der Waals surface area contributed by atoms with Crippen LogP contribution in [-0.4, -0.2) is 110 Å². The molecule has 1 amide bonds. The molecule has 0 unspecified atom stereocenters. The highest BCUT2D eigenvalue weighted by molar-refractivity contribution is 5.73. The summed E-state index contributed by atoms with van der Waals surface area (Å²) in [4.78, 5) is 84.0. The van der Waals surface area contributed by atoms with Gasteiger partial charge in [-0.1, -0.05) is 0 Å². The van der Waals surface area contributed by atoms with Gasteiger partial charge >= 0.3 is 35.8 Å². The fourth-order valence-electron chi connectivity index (χ4n) is 4.62. The first kappa shape index (κ1) is 35.4. The Kier molecular flexibility index (Phi) is 12.8. The lowest BCUT2D eigenvalue weighted by atomic mass is 9.94. The zero-order chi connectivity index (χ0) is 32.6. The average molecular weight is 620 g/mol. The Balaban J connectivity index is 2.66. The van der Waals surface area contributed by atoms with Crippen LogP contribution in [-0.2, 0) is 76.2 Å². The largest absolute Gasteiger partial charge is 0.463 e. The molecule has 2 saturated heterocycles. The van der Waals surface area contributed by atoms with E-state index in [0.29, 0.717) is 0 Å². The molecule has 0 aromatic carbocycles. The summed E-state index contributed by atoms with van der Waals surface area (Å²) >= 11 is 0. The molecule has 242 valence electrons.